The fourth-order valence-electron chi connectivity index (χ4n) is 3.10. The van der Waals surface area contributed by atoms with Crippen molar-refractivity contribution in [2.45, 2.75) is 38.3 Å². The molecule has 0 spiro atoms. The van der Waals surface area contributed by atoms with Crippen molar-refractivity contribution in [3.05, 3.63) is 28.8 Å². The van der Waals surface area contributed by atoms with Crippen LogP contribution in [-0.2, 0) is 11.3 Å². The number of piperidine rings is 1. The van der Waals surface area contributed by atoms with Crippen LogP contribution in [0.2, 0.25) is 5.02 Å². The number of nitrogens with zero attached hydrogens (tertiary/aromatic N) is 1. The number of benzene rings is 1. The molecule has 2 aliphatic rings. The normalized spacial score (nSPS) is 20.0. The van der Waals surface area contributed by atoms with Gasteiger partial charge in [0.05, 0.1) is 0 Å². The highest BCUT2D eigenvalue weighted by molar-refractivity contribution is 6.30. The van der Waals surface area contributed by atoms with Gasteiger partial charge in [0.1, 0.15) is 0 Å². The quantitative estimate of drug-likeness (QED) is 0.871. The van der Waals surface area contributed by atoms with Crippen molar-refractivity contribution in [3.8, 4) is 0 Å². The van der Waals surface area contributed by atoms with Crippen LogP contribution in [0.3, 0.4) is 0 Å². The number of halogens is 1. The summed E-state index contributed by atoms with van der Waals surface area (Å²) in [7, 11) is 1.80. The molecule has 1 saturated heterocycles. The summed E-state index contributed by atoms with van der Waals surface area (Å²) in [6.07, 6.45) is 5.06. The number of hydrogen-bond donors (Lipinski definition) is 1. The van der Waals surface area contributed by atoms with Crippen molar-refractivity contribution in [2.75, 3.05) is 31.7 Å². The topological polar surface area (TPSA) is 24.5 Å². The van der Waals surface area contributed by atoms with E-state index in [9.17, 15) is 0 Å². The van der Waals surface area contributed by atoms with Gasteiger partial charge < -0.3 is 15.0 Å². The van der Waals surface area contributed by atoms with Crippen molar-refractivity contribution in [2.24, 2.45) is 5.92 Å². The number of anilines is 1. The Balaban J connectivity index is 1.66. The minimum Gasteiger partial charge on any atom is -0.384 e. The van der Waals surface area contributed by atoms with Gasteiger partial charge in [-0.3, -0.25) is 0 Å². The fraction of sp³-hybridized carbons (Fsp3) is 0.647. The van der Waals surface area contributed by atoms with Crippen LogP contribution < -0.4 is 10.2 Å². The maximum Gasteiger partial charge on any atom is 0.0491 e. The van der Waals surface area contributed by atoms with E-state index in [0.717, 1.165) is 37.3 Å². The van der Waals surface area contributed by atoms with Crippen LogP contribution in [0, 0.1) is 5.92 Å². The molecule has 0 radical (unpaired) electrons. The maximum absolute atomic E-state index is 6.22. The molecule has 1 aliphatic heterocycles. The Hall–Kier alpha value is -0.770. The number of nitrogens with one attached hydrogen (secondary N) is 1. The highest BCUT2D eigenvalue weighted by Crippen LogP contribution is 2.30. The van der Waals surface area contributed by atoms with Gasteiger partial charge in [0.2, 0.25) is 0 Å². The summed E-state index contributed by atoms with van der Waals surface area (Å²) in [5, 5.41) is 4.44. The van der Waals surface area contributed by atoms with E-state index in [1.807, 2.05) is 6.07 Å². The predicted molar refractivity (Wildman–Crippen MR) is 88.1 cm³/mol. The summed E-state index contributed by atoms with van der Waals surface area (Å²) in [6, 6.07) is 7.05. The first kappa shape index (κ1) is 15.1. The smallest absolute Gasteiger partial charge is 0.0491 e. The van der Waals surface area contributed by atoms with E-state index in [1.54, 1.807) is 7.11 Å². The van der Waals surface area contributed by atoms with Gasteiger partial charge in [0.15, 0.2) is 0 Å². The molecule has 1 N–H and O–H groups in total. The predicted octanol–water partition coefficient (Wildman–Crippen LogP) is 3.45. The molecule has 1 heterocycles. The molecule has 21 heavy (non-hydrogen) atoms. The number of rotatable bonds is 6. The van der Waals surface area contributed by atoms with Crippen LogP contribution >= 0.6 is 11.6 Å². The SMILES string of the molecule is COCC1CCN(c2cc(Cl)ccc2CNC2CC2)CC1. The van der Waals surface area contributed by atoms with Gasteiger partial charge >= 0.3 is 0 Å². The van der Waals surface area contributed by atoms with Crippen LogP contribution in [0.15, 0.2) is 18.2 Å². The van der Waals surface area contributed by atoms with E-state index in [4.69, 9.17) is 16.3 Å². The Kier molecular flexibility index (Phi) is 5.04. The molecule has 0 atom stereocenters. The molecule has 2 fully saturated rings. The van der Waals surface area contributed by atoms with Crippen molar-refractivity contribution >= 4 is 17.3 Å². The number of ether oxygens (including phenoxy) is 1. The van der Waals surface area contributed by atoms with Crippen LogP contribution in [0.25, 0.3) is 0 Å². The van der Waals surface area contributed by atoms with E-state index in [1.165, 1.54) is 36.9 Å². The van der Waals surface area contributed by atoms with Crippen molar-refractivity contribution in [1.82, 2.24) is 5.32 Å². The lowest BCUT2D eigenvalue weighted by Gasteiger charge is -2.34. The standard InChI is InChI=1S/C17H25ClN2O/c1-21-12-13-6-8-20(9-7-13)17-10-15(18)3-2-14(17)11-19-16-4-5-16/h2-3,10,13,16,19H,4-9,11-12H2,1H3. The summed E-state index contributed by atoms with van der Waals surface area (Å²) in [5.41, 5.74) is 2.68. The maximum atomic E-state index is 6.22. The molecule has 0 unspecified atom stereocenters. The van der Waals surface area contributed by atoms with Crippen LogP contribution in [0.4, 0.5) is 5.69 Å². The third-order valence-electron chi connectivity index (χ3n) is 4.56. The van der Waals surface area contributed by atoms with E-state index >= 15 is 0 Å². The lowest BCUT2D eigenvalue weighted by atomic mass is 9.96. The Bertz CT molecular complexity index is 468. The monoisotopic (exact) mass is 308 g/mol. The zero-order chi connectivity index (χ0) is 14.7. The largest absolute Gasteiger partial charge is 0.384 e. The molecule has 4 heteroatoms. The Morgan fingerprint density at radius 2 is 2.00 bits per heavy atom. The van der Waals surface area contributed by atoms with Gasteiger partial charge in [0.25, 0.3) is 0 Å². The highest BCUT2D eigenvalue weighted by atomic mass is 35.5. The number of methoxy groups -OCH3 is 1. The lowest BCUT2D eigenvalue weighted by molar-refractivity contribution is 0.139. The molecule has 3 nitrogen and oxygen atoms in total. The third kappa shape index (κ3) is 4.12. The molecule has 0 bridgehead atoms. The van der Waals surface area contributed by atoms with E-state index < -0.39 is 0 Å². The van der Waals surface area contributed by atoms with Crippen LogP contribution in [-0.4, -0.2) is 32.8 Å². The molecule has 116 valence electrons. The molecule has 1 saturated carbocycles. The summed E-state index contributed by atoms with van der Waals surface area (Å²) < 4.78 is 5.29. The van der Waals surface area contributed by atoms with Gasteiger partial charge in [-0.15, -0.1) is 0 Å². The summed E-state index contributed by atoms with van der Waals surface area (Å²) in [5.74, 6) is 0.707. The first-order chi connectivity index (χ1) is 10.3. The van der Waals surface area contributed by atoms with Crippen molar-refractivity contribution < 1.29 is 4.74 Å². The van der Waals surface area contributed by atoms with Crippen molar-refractivity contribution in [3.63, 3.8) is 0 Å². The van der Waals surface area contributed by atoms with E-state index in [0.29, 0.717) is 5.92 Å². The molecule has 1 aromatic carbocycles. The molecule has 0 amide bonds. The van der Waals surface area contributed by atoms with E-state index in [2.05, 4.69) is 22.3 Å². The average Bonchev–Trinajstić information content (AvgIpc) is 3.31. The summed E-state index contributed by atoms with van der Waals surface area (Å²) >= 11 is 6.22. The second-order valence-electron chi connectivity index (χ2n) is 6.31. The minimum atomic E-state index is 0.707. The van der Waals surface area contributed by atoms with Gasteiger partial charge in [-0.2, -0.15) is 0 Å². The minimum absolute atomic E-state index is 0.707. The van der Waals surface area contributed by atoms with Gasteiger partial charge in [0, 0.05) is 50.1 Å². The molecule has 3 rings (SSSR count). The average molecular weight is 309 g/mol. The first-order valence-corrected chi connectivity index (χ1v) is 8.39. The van der Waals surface area contributed by atoms with Gasteiger partial charge in [-0.05, 0) is 49.3 Å². The first-order valence-electron chi connectivity index (χ1n) is 8.02. The molecule has 0 aromatic heterocycles. The molecule has 1 aliphatic carbocycles. The highest BCUT2D eigenvalue weighted by Gasteiger charge is 2.23. The summed E-state index contributed by atoms with van der Waals surface area (Å²) in [6.45, 7) is 4.05. The van der Waals surface area contributed by atoms with Crippen LogP contribution in [0.5, 0.6) is 0 Å². The fourth-order valence-corrected chi connectivity index (χ4v) is 3.27. The Morgan fingerprint density at radius 1 is 1.24 bits per heavy atom. The van der Waals surface area contributed by atoms with Gasteiger partial charge in [-0.25, -0.2) is 0 Å². The van der Waals surface area contributed by atoms with Crippen LogP contribution in [0.1, 0.15) is 31.2 Å². The second-order valence-corrected chi connectivity index (χ2v) is 6.75. The second kappa shape index (κ2) is 6.99. The zero-order valence-electron chi connectivity index (χ0n) is 12.8. The Labute approximate surface area is 132 Å². The lowest BCUT2D eigenvalue weighted by Crippen LogP contribution is -2.36. The van der Waals surface area contributed by atoms with E-state index in [-0.39, 0.29) is 0 Å². The van der Waals surface area contributed by atoms with Crippen molar-refractivity contribution in [1.29, 1.82) is 0 Å². The molecular formula is C17H25ClN2O. The molecular weight excluding hydrogens is 284 g/mol. The zero-order valence-corrected chi connectivity index (χ0v) is 13.5. The summed E-state index contributed by atoms with van der Waals surface area (Å²) in [4.78, 5) is 2.49. The number of hydrogen-bond acceptors (Lipinski definition) is 3. The van der Waals surface area contributed by atoms with Gasteiger partial charge in [-0.1, -0.05) is 17.7 Å². The molecule has 1 aromatic rings. The Morgan fingerprint density at radius 3 is 2.67 bits per heavy atom. The third-order valence-corrected chi connectivity index (χ3v) is 4.80.